The third-order valence-corrected chi connectivity index (χ3v) is 5.26. The number of hydrogen-bond donors (Lipinski definition) is 1. The lowest BCUT2D eigenvalue weighted by molar-refractivity contribution is 0.326. The Labute approximate surface area is 124 Å². The molecule has 0 saturated heterocycles. The summed E-state index contributed by atoms with van der Waals surface area (Å²) >= 11 is 5.95. The van der Waals surface area contributed by atoms with Gasteiger partial charge in [-0.05, 0) is 42.9 Å². The van der Waals surface area contributed by atoms with Gasteiger partial charge in [-0.2, -0.15) is 5.26 Å². The first-order valence-corrected chi connectivity index (χ1v) is 8.65. The number of benzene rings is 1. The van der Waals surface area contributed by atoms with E-state index in [-0.39, 0.29) is 18.2 Å². The van der Waals surface area contributed by atoms with Crippen LogP contribution in [0.4, 0.5) is 0 Å². The molecule has 2 rings (SSSR count). The number of nitriles is 1. The largest absolute Gasteiger partial charge is 0.212 e. The van der Waals surface area contributed by atoms with Crippen LogP contribution in [-0.4, -0.2) is 20.2 Å². The first-order valence-electron chi connectivity index (χ1n) is 6.62. The number of nitrogens with zero attached hydrogens (tertiary/aromatic N) is 1. The van der Waals surface area contributed by atoms with Gasteiger partial charge in [0.2, 0.25) is 10.0 Å². The molecule has 20 heavy (non-hydrogen) atoms. The molecule has 1 aliphatic carbocycles. The molecule has 4 nitrogen and oxygen atoms in total. The van der Waals surface area contributed by atoms with Crippen LogP contribution in [0.5, 0.6) is 0 Å². The highest BCUT2D eigenvalue weighted by atomic mass is 35.5. The zero-order valence-corrected chi connectivity index (χ0v) is 12.6. The zero-order chi connectivity index (χ0) is 14.6. The van der Waals surface area contributed by atoms with Gasteiger partial charge in [0, 0.05) is 17.5 Å². The van der Waals surface area contributed by atoms with Gasteiger partial charge < -0.3 is 0 Å². The Hall–Kier alpha value is -1.09. The standard InChI is InChI=1S/C14H17ClN2O2S/c15-13-5-3-4-11(8-13)12-9-14(10-12)17-20(18,19)7-2-1-6-16/h3-5,8,12,14,17H,1-2,7,9-10H2. The van der Waals surface area contributed by atoms with Crippen LogP contribution in [0, 0.1) is 11.3 Å². The lowest BCUT2D eigenvalue weighted by atomic mass is 9.76. The molecular weight excluding hydrogens is 296 g/mol. The van der Waals surface area contributed by atoms with Crippen molar-refractivity contribution in [2.24, 2.45) is 0 Å². The molecule has 0 atom stereocenters. The molecule has 108 valence electrons. The lowest BCUT2D eigenvalue weighted by Crippen LogP contribution is -2.44. The van der Waals surface area contributed by atoms with Crippen LogP contribution in [0.25, 0.3) is 0 Å². The van der Waals surface area contributed by atoms with Crippen LogP contribution in [0.15, 0.2) is 24.3 Å². The molecule has 6 heteroatoms. The summed E-state index contributed by atoms with van der Waals surface area (Å²) < 4.78 is 26.2. The van der Waals surface area contributed by atoms with E-state index in [1.165, 1.54) is 0 Å². The van der Waals surface area contributed by atoms with Gasteiger partial charge in [0.25, 0.3) is 0 Å². The highest BCUT2D eigenvalue weighted by Gasteiger charge is 2.32. The number of hydrogen-bond acceptors (Lipinski definition) is 3. The predicted octanol–water partition coefficient (Wildman–Crippen LogP) is 2.81. The monoisotopic (exact) mass is 312 g/mol. The van der Waals surface area contributed by atoms with Crippen molar-refractivity contribution in [3.8, 4) is 6.07 Å². The third kappa shape index (κ3) is 4.20. The quantitative estimate of drug-likeness (QED) is 0.821. The van der Waals surface area contributed by atoms with E-state index in [4.69, 9.17) is 16.9 Å². The van der Waals surface area contributed by atoms with Crippen LogP contribution in [-0.2, 0) is 10.0 Å². The van der Waals surface area contributed by atoms with Gasteiger partial charge in [0.05, 0.1) is 11.8 Å². The summed E-state index contributed by atoms with van der Waals surface area (Å²) in [6, 6.07) is 9.66. The molecule has 1 N–H and O–H groups in total. The van der Waals surface area contributed by atoms with E-state index in [1.54, 1.807) is 0 Å². The van der Waals surface area contributed by atoms with Crippen molar-refractivity contribution in [1.29, 1.82) is 5.26 Å². The average molecular weight is 313 g/mol. The molecule has 1 aromatic carbocycles. The van der Waals surface area contributed by atoms with Crippen LogP contribution >= 0.6 is 11.6 Å². The predicted molar refractivity (Wildman–Crippen MR) is 79.0 cm³/mol. The highest BCUT2D eigenvalue weighted by molar-refractivity contribution is 7.89. The molecule has 0 amide bonds. The fourth-order valence-corrected chi connectivity index (χ4v) is 3.94. The normalized spacial score (nSPS) is 22.0. The summed E-state index contributed by atoms with van der Waals surface area (Å²) in [6.07, 6.45) is 2.27. The first kappa shape index (κ1) is 15.3. The molecule has 1 aromatic rings. The smallest absolute Gasteiger partial charge is 0.211 e. The Morgan fingerprint density at radius 2 is 2.15 bits per heavy atom. The maximum absolute atomic E-state index is 11.8. The highest BCUT2D eigenvalue weighted by Crippen LogP contribution is 2.37. The molecule has 1 aliphatic rings. The van der Waals surface area contributed by atoms with Crippen LogP contribution in [0.1, 0.15) is 37.2 Å². The summed E-state index contributed by atoms with van der Waals surface area (Å²) in [5, 5.41) is 9.12. The molecule has 0 radical (unpaired) electrons. The van der Waals surface area contributed by atoms with Crippen molar-refractivity contribution >= 4 is 21.6 Å². The van der Waals surface area contributed by atoms with E-state index in [9.17, 15) is 8.42 Å². The van der Waals surface area contributed by atoms with Gasteiger partial charge in [-0.25, -0.2) is 13.1 Å². The minimum absolute atomic E-state index is 0.00562. The minimum Gasteiger partial charge on any atom is -0.212 e. The second-order valence-electron chi connectivity index (χ2n) is 5.12. The van der Waals surface area contributed by atoms with E-state index in [0.29, 0.717) is 17.4 Å². The van der Waals surface area contributed by atoms with Crippen molar-refractivity contribution < 1.29 is 8.42 Å². The fourth-order valence-electron chi connectivity index (χ4n) is 2.40. The molecule has 1 saturated carbocycles. The van der Waals surface area contributed by atoms with E-state index in [2.05, 4.69) is 4.72 Å². The summed E-state index contributed by atoms with van der Waals surface area (Å²) in [4.78, 5) is 0. The van der Waals surface area contributed by atoms with Gasteiger partial charge in [0.1, 0.15) is 0 Å². The number of rotatable bonds is 6. The molecule has 0 spiro atoms. The number of unbranched alkanes of at least 4 members (excludes halogenated alkanes) is 1. The Morgan fingerprint density at radius 3 is 2.80 bits per heavy atom. The Kier molecular flexibility index (Phi) is 5.03. The maximum atomic E-state index is 11.8. The van der Waals surface area contributed by atoms with Gasteiger partial charge in [-0.15, -0.1) is 0 Å². The molecule has 0 aliphatic heterocycles. The van der Waals surface area contributed by atoms with Gasteiger partial charge in [0.15, 0.2) is 0 Å². The van der Waals surface area contributed by atoms with Gasteiger partial charge >= 0.3 is 0 Å². The second-order valence-corrected chi connectivity index (χ2v) is 7.43. The second kappa shape index (κ2) is 6.57. The summed E-state index contributed by atoms with van der Waals surface area (Å²) in [5.41, 5.74) is 1.16. The molecule has 0 heterocycles. The summed E-state index contributed by atoms with van der Waals surface area (Å²) in [6.45, 7) is 0. The van der Waals surface area contributed by atoms with Crippen molar-refractivity contribution in [3.05, 3.63) is 34.9 Å². The zero-order valence-electron chi connectivity index (χ0n) is 11.0. The Bertz CT molecular complexity index is 604. The van der Waals surface area contributed by atoms with Crippen molar-refractivity contribution in [2.45, 2.75) is 37.6 Å². The van der Waals surface area contributed by atoms with Crippen molar-refractivity contribution in [3.63, 3.8) is 0 Å². The molecule has 1 fully saturated rings. The van der Waals surface area contributed by atoms with E-state index in [1.807, 2.05) is 30.3 Å². The van der Waals surface area contributed by atoms with E-state index in [0.717, 1.165) is 18.4 Å². The fraction of sp³-hybridized carbons (Fsp3) is 0.500. The molecule has 0 unspecified atom stereocenters. The number of nitrogens with one attached hydrogen (secondary N) is 1. The van der Waals surface area contributed by atoms with E-state index >= 15 is 0 Å². The van der Waals surface area contributed by atoms with Crippen LogP contribution in [0.3, 0.4) is 0 Å². The van der Waals surface area contributed by atoms with Gasteiger partial charge in [-0.3, -0.25) is 0 Å². The summed E-state index contributed by atoms with van der Waals surface area (Å²) in [7, 11) is -3.25. The van der Waals surface area contributed by atoms with Gasteiger partial charge in [-0.1, -0.05) is 23.7 Å². The lowest BCUT2D eigenvalue weighted by Gasteiger charge is -2.36. The Morgan fingerprint density at radius 1 is 1.40 bits per heavy atom. The molecular formula is C14H17ClN2O2S. The van der Waals surface area contributed by atoms with E-state index < -0.39 is 10.0 Å². The minimum atomic E-state index is -3.25. The molecule has 0 aromatic heterocycles. The SMILES string of the molecule is N#CCCCS(=O)(=O)NC1CC(c2cccc(Cl)c2)C1. The van der Waals surface area contributed by atoms with Crippen molar-refractivity contribution in [1.82, 2.24) is 4.72 Å². The van der Waals surface area contributed by atoms with Crippen LogP contribution < -0.4 is 4.72 Å². The topological polar surface area (TPSA) is 70.0 Å². The third-order valence-electron chi connectivity index (χ3n) is 3.51. The summed E-state index contributed by atoms with van der Waals surface area (Å²) in [5.74, 6) is 0.402. The van der Waals surface area contributed by atoms with Crippen LogP contribution in [0.2, 0.25) is 5.02 Å². The maximum Gasteiger partial charge on any atom is 0.211 e. The molecule has 0 bridgehead atoms. The number of sulfonamides is 1. The average Bonchev–Trinajstić information content (AvgIpc) is 2.33. The van der Waals surface area contributed by atoms with Crippen molar-refractivity contribution in [2.75, 3.05) is 5.75 Å². The number of halogens is 1. The first-order chi connectivity index (χ1) is 9.50. The Balaban J connectivity index is 1.81.